The number of hydrogen-bond acceptors (Lipinski definition) is 4. The van der Waals surface area contributed by atoms with Crippen LogP contribution in [0.25, 0.3) is 0 Å². The van der Waals surface area contributed by atoms with Crippen molar-refractivity contribution in [3.63, 3.8) is 0 Å². The van der Waals surface area contributed by atoms with Gasteiger partial charge in [-0.1, -0.05) is 0 Å². The van der Waals surface area contributed by atoms with E-state index in [1.165, 1.54) is 6.07 Å². The molecule has 0 saturated heterocycles. The van der Waals surface area contributed by atoms with Gasteiger partial charge >= 0.3 is 12.1 Å². The van der Waals surface area contributed by atoms with Crippen LogP contribution >= 0.6 is 0 Å². The third kappa shape index (κ3) is 5.07. The summed E-state index contributed by atoms with van der Waals surface area (Å²) in [7, 11) is 0. The number of nitrogens with one attached hydrogen (secondary N) is 2. The van der Waals surface area contributed by atoms with E-state index >= 15 is 0 Å². The van der Waals surface area contributed by atoms with Gasteiger partial charge in [0.05, 0.1) is 6.10 Å². The highest BCUT2D eigenvalue weighted by atomic mass is 19.4. The molecule has 1 amide bonds. The molecule has 0 aromatic heterocycles. The van der Waals surface area contributed by atoms with Crippen LogP contribution in [0.5, 0.6) is 0 Å². The van der Waals surface area contributed by atoms with Gasteiger partial charge in [-0.15, -0.1) is 0 Å². The zero-order chi connectivity index (χ0) is 19.5. The average Bonchev–Trinajstić information content (AvgIpc) is 2.89. The van der Waals surface area contributed by atoms with Crippen LogP contribution in [0, 0.1) is 12.7 Å². The van der Waals surface area contributed by atoms with Crippen molar-refractivity contribution in [3.05, 3.63) is 29.1 Å². The van der Waals surface area contributed by atoms with E-state index in [-0.39, 0.29) is 17.8 Å². The number of carboxylic acids is 1. The number of alkyl halides is 3. The standard InChI is InChI=1S/C14H17FN2O2.C2HF3O2/c1-8-5-11(15)10-7-13(16-12(10)6-8)14(18)17-19-9-3-2-4-9;3-2(4,5)1(6)7/h5-6,9,13,16H,2-4,7H2,1H3,(H,17,18);(H,6,7). The van der Waals surface area contributed by atoms with Crippen molar-refractivity contribution in [2.75, 3.05) is 5.32 Å². The number of halogens is 4. The summed E-state index contributed by atoms with van der Waals surface area (Å²) >= 11 is 0. The van der Waals surface area contributed by atoms with Crippen molar-refractivity contribution in [2.45, 2.75) is 50.9 Å². The molecule has 3 N–H and O–H groups in total. The fourth-order valence-electron chi connectivity index (χ4n) is 2.41. The van der Waals surface area contributed by atoms with Gasteiger partial charge in [0.2, 0.25) is 0 Å². The van der Waals surface area contributed by atoms with Gasteiger partial charge in [0.15, 0.2) is 0 Å². The molecule has 0 spiro atoms. The molecule has 1 aromatic carbocycles. The highest BCUT2D eigenvalue weighted by molar-refractivity contribution is 5.86. The molecule has 1 aromatic rings. The maximum atomic E-state index is 13.8. The van der Waals surface area contributed by atoms with E-state index < -0.39 is 18.2 Å². The number of fused-ring (bicyclic) bond motifs is 1. The number of carbonyl (C=O) groups excluding carboxylic acids is 1. The van der Waals surface area contributed by atoms with Crippen molar-refractivity contribution in [2.24, 2.45) is 0 Å². The minimum atomic E-state index is -5.08. The molecule has 1 fully saturated rings. The number of carboxylic acid groups (broad SMARTS) is 1. The minimum Gasteiger partial charge on any atom is -0.475 e. The third-order valence-electron chi connectivity index (χ3n) is 4.02. The van der Waals surface area contributed by atoms with Gasteiger partial charge in [0.25, 0.3) is 5.91 Å². The van der Waals surface area contributed by atoms with E-state index in [4.69, 9.17) is 14.7 Å². The van der Waals surface area contributed by atoms with E-state index in [2.05, 4.69) is 10.8 Å². The van der Waals surface area contributed by atoms with Crippen molar-refractivity contribution in [1.29, 1.82) is 0 Å². The molecular formula is C16H18F4N2O4. The molecular weight excluding hydrogens is 360 g/mol. The number of aliphatic carboxylic acids is 1. The number of anilines is 1. The first-order valence-corrected chi connectivity index (χ1v) is 7.89. The Morgan fingerprint density at radius 2 is 1.92 bits per heavy atom. The van der Waals surface area contributed by atoms with Gasteiger partial charge in [-0.2, -0.15) is 13.2 Å². The highest BCUT2D eigenvalue weighted by Crippen LogP contribution is 2.29. The van der Waals surface area contributed by atoms with E-state index in [0.717, 1.165) is 24.8 Å². The molecule has 2 aliphatic rings. The van der Waals surface area contributed by atoms with Crippen LogP contribution in [0.3, 0.4) is 0 Å². The topological polar surface area (TPSA) is 87.7 Å². The Balaban J connectivity index is 0.000000298. The quantitative estimate of drug-likeness (QED) is 0.556. The van der Waals surface area contributed by atoms with Crippen LogP contribution in [-0.2, 0) is 20.8 Å². The van der Waals surface area contributed by atoms with Crippen LogP contribution in [0.15, 0.2) is 12.1 Å². The van der Waals surface area contributed by atoms with Gasteiger partial charge in [-0.05, 0) is 43.9 Å². The average molecular weight is 378 g/mol. The summed E-state index contributed by atoms with van der Waals surface area (Å²) in [5, 5.41) is 10.2. The molecule has 6 nitrogen and oxygen atoms in total. The second-order valence-corrected chi connectivity index (χ2v) is 6.11. The van der Waals surface area contributed by atoms with E-state index in [9.17, 15) is 22.4 Å². The molecule has 1 atom stereocenters. The second-order valence-electron chi connectivity index (χ2n) is 6.11. The number of amides is 1. The number of carbonyl (C=O) groups is 2. The maximum absolute atomic E-state index is 13.8. The number of hydroxylamine groups is 1. The van der Waals surface area contributed by atoms with Gasteiger partial charge < -0.3 is 10.4 Å². The summed E-state index contributed by atoms with van der Waals surface area (Å²) in [5.74, 6) is -3.25. The SMILES string of the molecule is Cc1cc(F)c2c(c1)NC(C(=O)NOC1CCC1)C2.O=C(O)C(F)(F)F. The minimum absolute atomic E-state index is 0.145. The zero-order valence-corrected chi connectivity index (χ0v) is 13.8. The van der Waals surface area contributed by atoms with E-state index in [0.29, 0.717) is 17.7 Å². The summed E-state index contributed by atoms with van der Waals surface area (Å²) in [6, 6.07) is 2.90. The Hall–Kier alpha value is -2.36. The first kappa shape index (κ1) is 20.0. The fourth-order valence-corrected chi connectivity index (χ4v) is 2.41. The second kappa shape index (κ2) is 7.90. The number of benzene rings is 1. The van der Waals surface area contributed by atoms with Crippen LogP contribution < -0.4 is 10.8 Å². The van der Waals surface area contributed by atoms with Crippen molar-refractivity contribution in [1.82, 2.24) is 5.48 Å². The smallest absolute Gasteiger partial charge is 0.475 e. The lowest BCUT2D eigenvalue weighted by molar-refractivity contribution is -0.192. The zero-order valence-electron chi connectivity index (χ0n) is 13.8. The lowest BCUT2D eigenvalue weighted by Gasteiger charge is -2.25. The predicted molar refractivity (Wildman–Crippen MR) is 82.8 cm³/mol. The summed E-state index contributed by atoms with van der Waals surface area (Å²) in [6.45, 7) is 1.83. The molecule has 1 saturated carbocycles. The van der Waals surface area contributed by atoms with Crippen molar-refractivity contribution >= 4 is 17.6 Å². The molecule has 1 heterocycles. The van der Waals surface area contributed by atoms with Gasteiger partial charge in [0.1, 0.15) is 11.9 Å². The Morgan fingerprint density at radius 1 is 1.31 bits per heavy atom. The monoisotopic (exact) mass is 378 g/mol. The van der Waals surface area contributed by atoms with E-state index in [1.54, 1.807) is 0 Å². The summed E-state index contributed by atoms with van der Waals surface area (Å²) < 4.78 is 45.5. The summed E-state index contributed by atoms with van der Waals surface area (Å²) in [6.07, 6.45) is -1.44. The largest absolute Gasteiger partial charge is 0.490 e. The molecule has 10 heteroatoms. The Bertz CT molecular complexity index is 690. The summed E-state index contributed by atoms with van der Waals surface area (Å²) in [5.41, 5.74) is 4.60. The van der Waals surface area contributed by atoms with Crippen molar-refractivity contribution < 1.29 is 37.1 Å². The first-order chi connectivity index (χ1) is 12.1. The third-order valence-corrected chi connectivity index (χ3v) is 4.02. The van der Waals surface area contributed by atoms with Crippen LogP contribution in [0.2, 0.25) is 0 Å². The molecule has 0 bridgehead atoms. The molecule has 144 valence electrons. The Labute approximate surface area is 146 Å². The lowest BCUT2D eigenvalue weighted by Crippen LogP contribution is -2.41. The number of aryl methyl sites for hydroxylation is 1. The lowest BCUT2D eigenvalue weighted by atomic mass is 9.97. The Morgan fingerprint density at radius 3 is 2.42 bits per heavy atom. The predicted octanol–water partition coefficient (Wildman–Crippen LogP) is 2.70. The van der Waals surface area contributed by atoms with Crippen LogP contribution in [0.1, 0.15) is 30.4 Å². The molecule has 0 radical (unpaired) electrons. The van der Waals surface area contributed by atoms with E-state index in [1.807, 2.05) is 13.0 Å². The van der Waals surface area contributed by atoms with Gasteiger partial charge in [-0.3, -0.25) is 9.63 Å². The highest BCUT2D eigenvalue weighted by Gasteiger charge is 2.38. The molecule has 1 aliphatic heterocycles. The van der Waals surface area contributed by atoms with Crippen molar-refractivity contribution in [3.8, 4) is 0 Å². The molecule has 26 heavy (non-hydrogen) atoms. The van der Waals surface area contributed by atoms with Gasteiger partial charge in [0, 0.05) is 17.7 Å². The van der Waals surface area contributed by atoms with Crippen LogP contribution in [-0.4, -0.2) is 35.3 Å². The Kier molecular flexibility index (Phi) is 6.06. The number of hydrogen-bond donors (Lipinski definition) is 3. The fraction of sp³-hybridized carbons (Fsp3) is 0.500. The molecule has 1 unspecified atom stereocenters. The van der Waals surface area contributed by atoms with Gasteiger partial charge in [-0.25, -0.2) is 14.7 Å². The molecule has 1 aliphatic carbocycles. The normalized spacial score (nSPS) is 18.7. The molecule has 3 rings (SSSR count). The number of rotatable bonds is 3. The van der Waals surface area contributed by atoms with Crippen LogP contribution in [0.4, 0.5) is 23.2 Å². The first-order valence-electron chi connectivity index (χ1n) is 7.89. The summed E-state index contributed by atoms with van der Waals surface area (Å²) in [4.78, 5) is 26.1. The maximum Gasteiger partial charge on any atom is 0.490 e.